The van der Waals surface area contributed by atoms with E-state index in [1.165, 1.54) is 16.6 Å². The fraction of sp³-hybridized carbons (Fsp3) is 0.250. The molecule has 2 N–H and O–H groups in total. The van der Waals surface area contributed by atoms with Crippen LogP contribution in [-0.4, -0.2) is 25.5 Å². The maximum atomic E-state index is 5.98. The molecule has 0 atom stereocenters. The molecule has 1 heterocycles. The molecule has 0 spiro atoms. The fourth-order valence-electron chi connectivity index (χ4n) is 2.06. The Morgan fingerprint density at radius 3 is 2.52 bits per heavy atom. The maximum absolute atomic E-state index is 5.98. The summed E-state index contributed by atoms with van der Waals surface area (Å²) in [5, 5.41) is 1.19. The molecule has 0 saturated heterocycles. The first-order chi connectivity index (χ1) is 10.0. The first-order valence-electron chi connectivity index (χ1n) is 6.53. The van der Waals surface area contributed by atoms with Crippen LogP contribution in [0.4, 0.5) is 5.69 Å². The summed E-state index contributed by atoms with van der Waals surface area (Å²) < 4.78 is 3.23. The van der Waals surface area contributed by atoms with E-state index in [2.05, 4.69) is 40.4 Å². The third-order valence-electron chi connectivity index (χ3n) is 3.27. The highest BCUT2D eigenvalue weighted by molar-refractivity contribution is 7.21. The van der Waals surface area contributed by atoms with Gasteiger partial charge in [0.2, 0.25) is 5.36 Å². The maximum Gasteiger partial charge on any atom is 0.201 e. The second kappa shape index (κ2) is 6.41. The molecule has 1 aliphatic heterocycles. The number of hydrogen-bond donors (Lipinski definition) is 1. The number of hydrogen-bond acceptors (Lipinski definition) is 3. The van der Waals surface area contributed by atoms with E-state index in [-0.39, 0.29) is 0 Å². The Balaban J connectivity index is 0.000000774. The molecule has 1 aromatic rings. The number of aryl methyl sites for hydroxylation is 1. The van der Waals surface area contributed by atoms with Crippen LogP contribution in [0.1, 0.15) is 5.56 Å². The van der Waals surface area contributed by atoms with Gasteiger partial charge in [0.05, 0.1) is 20.8 Å². The average Bonchev–Trinajstić information content (AvgIpc) is 2.48. The lowest BCUT2D eigenvalue weighted by molar-refractivity contribution is 0.814. The molecule has 2 aliphatic rings. The van der Waals surface area contributed by atoms with Crippen LogP contribution in [0, 0.1) is 6.92 Å². The van der Waals surface area contributed by atoms with Crippen LogP contribution in [-0.2, 0) is 0 Å². The van der Waals surface area contributed by atoms with Gasteiger partial charge in [-0.15, -0.1) is 22.9 Å². The molecule has 5 heteroatoms. The smallest absolute Gasteiger partial charge is 0.201 e. The minimum absolute atomic E-state index is 0.827. The molecule has 0 radical (unpaired) electrons. The molecular formula is C16H19ClN3S+. The van der Waals surface area contributed by atoms with Gasteiger partial charge < -0.3 is 5.73 Å². The van der Waals surface area contributed by atoms with Crippen molar-refractivity contribution in [3.05, 3.63) is 41.3 Å². The van der Waals surface area contributed by atoms with Crippen molar-refractivity contribution in [1.29, 1.82) is 0 Å². The number of anilines is 1. The van der Waals surface area contributed by atoms with Crippen LogP contribution in [0.5, 0.6) is 0 Å². The van der Waals surface area contributed by atoms with Gasteiger partial charge in [-0.3, -0.25) is 0 Å². The van der Waals surface area contributed by atoms with Gasteiger partial charge in [0.1, 0.15) is 14.1 Å². The van der Waals surface area contributed by atoms with Gasteiger partial charge in [0, 0.05) is 24.2 Å². The summed E-state index contributed by atoms with van der Waals surface area (Å²) in [6.07, 6.45) is 1.47. The molecule has 0 unspecified atom stereocenters. The molecule has 0 saturated carbocycles. The van der Waals surface area contributed by atoms with Gasteiger partial charge in [-0.2, -0.15) is 0 Å². The monoisotopic (exact) mass is 320 g/mol. The largest absolute Gasteiger partial charge is 0.398 e. The van der Waals surface area contributed by atoms with E-state index in [0.717, 1.165) is 27.2 Å². The molecule has 3 nitrogen and oxygen atoms in total. The molecule has 3 rings (SSSR count). The van der Waals surface area contributed by atoms with Gasteiger partial charge in [0.15, 0.2) is 0 Å². The summed E-state index contributed by atoms with van der Waals surface area (Å²) in [5.74, 6) is 0. The zero-order valence-electron chi connectivity index (χ0n) is 12.6. The number of benzene rings is 2. The minimum Gasteiger partial charge on any atom is -0.398 e. The van der Waals surface area contributed by atoms with Crippen molar-refractivity contribution in [3.8, 4) is 10.6 Å². The summed E-state index contributed by atoms with van der Waals surface area (Å²) >= 11 is 6.38. The van der Waals surface area contributed by atoms with E-state index in [1.54, 1.807) is 11.3 Å². The number of fused-ring (bicyclic) bond motifs is 2. The van der Waals surface area contributed by atoms with Crippen LogP contribution < -0.4 is 15.7 Å². The summed E-state index contributed by atoms with van der Waals surface area (Å²) in [7, 11) is 4.09. The van der Waals surface area contributed by atoms with Crippen molar-refractivity contribution in [2.24, 2.45) is 0 Å². The summed E-state index contributed by atoms with van der Waals surface area (Å²) in [5.41, 5.74) is 9.94. The first kappa shape index (κ1) is 15.7. The molecule has 0 amide bonds. The summed E-state index contributed by atoms with van der Waals surface area (Å²) in [6.45, 7) is 2.01. The van der Waals surface area contributed by atoms with E-state index in [1.807, 2.05) is 27.1 Å². The molecule has 21 heavy (non-hydrogen) atoms. The highest BCUT2D eigenvalue weighted by Gasteiger charge is 2.09. The second-order valence-corrected chi connectivity index (χ2v) is 6.02. The number of alkyl halides is 1. The molecule has 0 bridgehead atoms. The summed E-state index contributed by atoms with van der Waals surface area (Å²) in [6, 6.07) is 10.4. The van der Waals surface area contributed by atoms with E-state index in [9.17, 15) is 0 Å². The van der Waals surface area contributed by atoms with Gasteiger partial charge in [-0.05, 0) is 30.7 Å². The normalized spacial score (nSPS) is 10.3. The highest BCUT2D eigenvalue weighted by atomic mass is 35.5. The SMILES string of the molecule is CCl.Cc1cc2nc3ccc(=[N+](C)C)cc-3sc2cc1N. The van der Waals surface area contributed by atoms with Crippen molar-refractivity contribution in [2.75, 3.05) is 26.2 Å². The Bertz CT molecular complexity index is 820. The van der Waals surface area contributed by atoms with Crippen LogP contribution in [0.2, 0.25) is 0 Å². The number of aromatic nitrogens is 1. The Labute approximate surface area is 133 Å². The van der Waals surface area contributed by atoms with Crippen LogP contribution in [0.3, 0.4) is 0 Å². The number of nitrogens with two attached hydrogens (primary N) is 1. The predicted molar refractivity (Wildman–Crippen MR) is 94.3 cm³/mol. The topological polar surface area (TPSA) is 41.9 Å². The van der Waals surface area contributed by atoms with Crippen molar-refractivity contribution in [2.45, 2.75) is 6.92 Å². The molecule has 1 aliphatic carbocycles. The van der Waals surface area contributed by atoms with E-state index in [0.29, 0.717) is 0 Å². The first-order valence-corrected chi connectivity index (χ1v) is 8.11. The number of rotatable bonds is 0. The lowest BCUT2D eigenvalue weighted by Crippen LogP contribution is -2.21. The Hall–Kier alpha value is -1.65. The zero-order valence-corrected chi connectivity index (χ0v) is 14.2. The number of nitrogens with zero attached hydrogens (tertiary/aromatic N) is 2. The van der Waals surface area contributed by atoms with Gasteiger partial charge in [0.25, 0.3) is 0 Å². The molecule has 1 aromatic carbocycles. The van der Waals surface area contributed by atoms with E-state index >= 15 is 0 Å². The van der Waals surface area contributed by atoms with Gasteiger partial charge in [-0.1, -0.05) is 0 Å². The molecule has 0 fully saturated rings. The molecule has 110 valence electrons. The number of nitrogen functional groups attached to an aromatic ring is 1. The Morgan fingerprint density at radius 2 is 1.86 bits per heavy atom. The predicted octanol–water partition coefficient (Wildman–Crippen LogP) is 3.18. The van der Waals surface area contributed by atoms with Crippen molar-refractivity contribution in [1.82, 2.24) is 9.56 Å². The van der Waals surface area contributed by atoms with Crippen LogP contribution >= 0.6 is 22.9 Å². The van der Waals surface area contributed by atoms with E-state index in [4.69, 9.17) is 10.7 Å². The quantitative estimate of drug-likeness (QED) is 0.299. The third-order valence-corrected chi connectivity index (χ3v) is 4.36. The third kappa shape index (κ3) is 3.17. The van der Waals surface area contributed by atoms with Crippen LogP contribution in [0.15, 0.2) is 30.3 Å². The highest BCUT2D eigenvalue weighted by Crippen LogP contribution is 2.31. The fourth-order valence-corrected chi connectivity index (χ4v) is 3.09. The molecule has 0 aromatic heterocycles. The lowest BCUT2D eigenvalue weighted by atomic mass is 10.2. The Morgan fingerprint density at radius 1 is 1.14 bits per heavy atom. The van der Waals surface area contributed by atoms with E-state index < -0.39 is 0 Å². The van der Waals surface area contributed by atoms with Crippen molar-refractivity contribution >= 4 is 38.8 Å². The Kier molecular flexibility index (Phi) is 4.80. The van der Waals surface area contributed by atoms with Gasteiger partial charge in [-0.25, -0.2) is 9.56 Å². The van der Waals surface area contributed by atoms with Gasteiger partial charge >= 0.3 is 0 Å². The van der Waals surface area contributed by atoms with Crippen molar-refractivity contribution < 1.29 is 0 Å². The summed E-state index contributed by atoms with van der Waals surface area (Å²) in [4.78, 5) is 5.90. The standard InChI is InChI=1S/C15H15N3S.CH3Cl/c1-9-6-13-15(8-11(9)16)19-14-7-10(18(2)3)4-5-12(14)17-13;1-2/h4-8,16H,1-3H3;1H3/p+1. The minimum atomic E-state index is 0.827. The average molecular weight is 321 g/mol. The van der Waals surface area contributed by atoms with Crippen molar-refractivity contribution in [3.63, 3.8) is 0 Å². The number of halogens is 1. The van der Waals surface area contributed by atoms with Crippen LogP contribution in [0.25, 0.3) is 20.8 Å². The molecular weight excluding hydrogens is 302 g/mol. The zero-order chi connectivity index (χ0) is 15.6. The second-order valence-electron chi connectivity index (χ2n) is 4.94. The lowest BCUT2D eigenvalue weighted by Gasteiger charge is -2.07.